The summed E-state index contributed by atoms with van der Waals surface area (Å²) < 4.78 is 0. The van der Waals surface area contributed by atoms with Crippen LogP contribution in [-0.2, 0) is 4.79 Å². The maximum absolute atomic E-state index is 12.5. The lowest BCUT2D eigenvalue weighted by atomic mass is 10.1. The molecule has 1 saturated carbocycles. The molecule has 2 heterocycles. The Labute approximate surface area is 153 Å². The molecule has 0 radical (unpaired) electrons. The largest absolute Gasteiger partial charge is 0.357 e. The van der Waals surface area contributed by atoms with Crippen LogP contribution in [0.15, 0.2) is 42.6 Å². The van der Waals surface area contributed by atoms with Crippen LogP contribution in [0.3, 0.4) is 0 Å². The minimum absolute atomic E-state index is 0.00155. The van der Waals surface area contributed by atoms with Gasteiger partial charge in [-0.15, -0.1) is 0 Å². The molecular formula is C20H22ClN3O. The molecule has 2 atom stereocenters. The Hall–Kier alpha value is -2.07. The molecule has 5 heteroatoms. The first kappa shape index (κ1) is 16.4. The van der Waals surface area contributed by atoms with Crippen LogP contribution in [0.4, 0.5) is 11.5 Å². The van der Waals surface area contributed by atoms with Gasteiger partial charge in [0.15, 0.2) is 0 Å². The van der Waals surface area contributed by atoms with E-state index >= 15 is 0 Å². The summed E-state index contributed by atoms with van der Waals surface area (Å²) >= 11 is 6.23. The van der Waals surface area contributed by atoms with E-state index in [1.165, 1.54) is 19.3 Å². The Morgan fingerprint density at radius 3 is 2.64 bits per heavy atom. The van der Waals surface area contributed by atoms with Gasteiger partial charge in [0.2, 0.25) is 5.91 Å². The lowest BCUT2D eigenvalue weighted by molar-refractivity contribution is -0.117. The Bertz CT molecular complexity index is 756. The molecule has 130 valence electrons. The highest BCUT2D eigenvalue weighted by Gasteiger charge is 2.44. The van der Waals surface area contributed by atoms with Gasteiger partial charge in [-0.2, -0.15) is 0 Å². The number of halogens is 1. The van der Waals surface area contributed by atoms with Gasteiger partial charge in [-0.3, -0.25) is 4.79 Å². The fourth-order valence-corrected chi connectivity index (χ4v) is 3.89. The van der Waals surface area contributed by atoms with Gasteiger partial charge in [-0.1, -0.05) is 29.8 Å². The molecule has 1 aliphatic carbocycles. The van der Waals surface area contributed by atoms with E-state index in [2.05, 4.69) is 15.2 Å². The summed E-state index contributed by atoms with van der Waals surface area (Å²) in [6, 6.07) is 11.7. The fraction of sp³-hybridized carbons (Fsp3) is 0.400. The van der Waals surface area contributed by atoms with Gasteiger partial charge in [-0.05, 0) is 55.4 Å². The average molecular weight is 356 g/mol. The number of anilines is 2. The second kappa shape index (κ2) is 7.04. The minimum atomic E-state index is 0.00155. The summed E-state index contributed by atoms with van der Waals surface area (Å²) in [7, 11) is 0. The molecule has 1 aromatic carbocycles. The van der Waals surface area contributed by atoms with Gasteiger partial charge in [0.25, 0.3) is 0 Å². The molecule has 2 aromatic rings. The summed E-state index contributed by atoms with van der Waals surface area (Å²) in [5, 5.41) is 3.74. The van der Waals surface area contributed by atoms with Crippen molar-refractivity contribution in [1.82, 2.24) is 4.98 Å². The maximum atomic E-state index is 12.5. The number of nitrogens with one attached hydrogen (secondary N) is 1. The second-order valence-electron chi connectivity index (χ2n) is 6.91. The van der Waals surface area contributed by atoms with E-state index < -0.39 is 0 Å². The number of amides is 1. The summed E-state index contributed by atoms with van der Waals surface area (Å²) in [5.74, 6) is 1.28. The van der Waals surface area contributed by atoms with Crippen LogP contribution in [0.25, 0.3) is 0 Å². The monoisotopic (exact) mass is 355 g/mol. The van der Waals surface area contributed by atoms with E-state index in [0.29, 0.717) is 0 Å². The van der Waals surface area contributed by atoms with Gasteiger partial charge in [0.1, 0.15) is 5.82 Å². The first-order chi connectivity index (χ1) is 12.2. The lowest BCUT2D eigenvalue weighted by Gasteiger charge is -2.27. The first-order valence-corrected chi connectivity index (χ1v) is 9.36. The van der Waals surface area contributed by atoms with E-state index in [9.17, 15) is 4.79 Å². The highest BCUT2D eigenvalue weighted by Crippen LogP contribution is 2.49. The van der Waals surface area contributed by atoms with Crippen LogP contribution in [0.5, 0.6) is 0 Å². The van der Waals surface area contributed by atoms with Crippen molar-refractivity contribution in [2.75, 3.05) is 23.3 Å². The molecule has 1 N–H and O–H groups in total. The van der Waals surface area contributed by atoms with E-state index in [0.717, 1.165) is 41.6 Å². The number of rotatable bonds is 4. The van der Waals surface area contributed by atoms with Crippen LogP contribution < -0.4 is 10.2 Å². The predicted molar refractivity (Wildman–Crippen MR) is 101 cm³/mol. The first-order valence-electron chi connectivity index (χ1n) is 8.98. The number of carbonyl (C=O) groups excluding carboxylic acids is 1. The van der Waals surface area contributed by atoms with Gasteiger partial charge in [0.05, 0.1) is 11.9 Å². The number of aromatic nitrogens is 1. The molecule has 1 aromatic heterocycles. The Kier molecular flexibility index (Phi) is 4.62. The minimum Gasteiger partial charge on any atom is -0.357 e. The van der Waals surface area contributed by atoms with E-state index in [1.807, 2.05) is 36.4 Å². The number of pyridine rings is 1. The van der Waals surface area contributed by atoms with Crippen molar-refractivity contribution in [2.45, 2.75) is 31.6 Å². The Morgan fingerprint density at radius 2 is 1.92 bits per heavy atom. The second-order valence-corrected chi connectivity index (χ2v) is 7.32. The number of nitrogens with zero attached hydrogens (tertiary/aromatic N) is 2. The fourth-order valence-electron chi connectivity index (χ4n) is 3.61. The normalized spacial score (nSPS) is 22.5. The van der Waals surface area contributed by atoms with Crippen molar-refractivity contribution < 1.29 is 4.79 Å². The number of hydrogen-bond acceptors (Lipinski definition) is 3. The molecule has 25 heavy (non-hydrogen) atoms. The van der Waals surface area contributed by atoms with E-state index in [4.69, 9.17) is 11.6 Å². The summed E-state index contributed by atoms with van der Waals surface area (Å²) in [6.07, 6.45) is 6.37. The predicted octanol–water partition coefficient (Wildman–Crippen LogP) is 4.47. The van der Waals surface area contributed by atoms with Crippen LogP contribution in [-0.4, -0.2) is 24.0 Å². The third-order valence-electron chi connectivity index (χ3n) is 5.13. The molecule has 1 saturated heterocycles. The van der Waals surface area contributed by atoms with Gasteiger partial charge in [0, 0.05) is 24.0 Å². The van der Waals surface area contributed by atoms with Crippen molar-refractivity contribution >= 4 is 29.0 Å². The Morgan fingerprint density at radius 1 is 1.12 bits per heavy atom. The zero-order chi connectivity index (χ0) is 17.2. The quantitative estimate of drug-likeness (QED) is 0.880. The number of benzene rings is 1. The zero-order valence-electron chi connectivity index (χ0n) is 14.1. The molecule has 1 aliphatic heterocycles. The average Bonchev–Trinajstić information content (AvgIpc) is 3.44. The van der Waals surface area contributed by atoms with Crippen LogP contribution in [0.1, 0.15) is 37.2 Å². The maximum Gasteiger partial charge on any atom is 0.228 e. The molecule has 2 aliphatic rings. The van der Waals surface area contributed by atoms with E-state index in [1.54, 1.807) is 6.20 Å². The van der Waals surface area contributed by atoms with E-state index in [-0.39, 0.29) is 17.7 Å². The summed E-state index contributed by atoms with van der Waals surface area (Å²) in [5.41, 5.74) is 1.83. The molecular weight excluding hydrogens is 334 g/mol. The summed E-state index contributed by atoms with van der Waals surface area (Å²) in [6.45, 7) is 2.14. The van der Waals surface area contributed by atoms with Gasteiger partial charge >= 0.3 is 0 Å². The highest BCUT2D eigenvalue weighted by molar-refractivity contribution is 6.31. The third-order valence-corrected chi connectivity index (χ3v) is 5.47. The molecule has 1 amide bonds. The number of piperidine rings is 1. The molecule has 0 bridgehead atoms. The van der Waals surface area contributed by atoms with Crippen molar-refractivity contribution in [1.29, 1.82) is 0 Å². The molecule has 4 rings (SSSR count). The lowest BCUT2D eigenvalue weighted by Crippen LogP contribution is -2.30. The third kappa shape index (κ3) is 3.64. The summed E-state index contributed by atoms with van der Waals surface area (Å²) in [4.78, 5) is 19.3. The topological polar surface area (TPSA) is 45.2 Å². The van der Waals surface area contributed by atoms with Crippen molar-refractivity contribution in [3.63, 3.8) is 0 Å². The molecule has 2 unspecified atom stereocenters. The Balaban J connectivity index is 1.36. The van der Waals surface area contributed by atoms with Crippen molar-refractivity contribution in [3.05, 3.63) is 53.2 Å². The molecule has 0 spiro atoms. The van der Waals surface area contributed by atoms with Crippen LogP contribution >= 0.6 is 11.6 Å². The van der Waals surface area contributed by atoms with Crippen LogP contribution in [0.2, 0.25) is 5.02 Å². The standard InChI is InChI=1S/C20H22ClN3O/c21-18-7-3-2-6-15(18)16-12-17(16)20(25)23-14-8-9-19(22-13-14)24-10-4-1-5-11-24/h2-3,6-9,13,16-17H,1,4-5,10-12H2,(H,23,25). The zero-order valence-corrected chi connectivity index (χ0v) is 14.9. The molecule has 4 nitrogen and oxygen atoms in total. The van der Waals surface area contributed by atoms with Crippen molar-refractivity contribution in [2.24, 2.45) is 5.92 Å². The van der Waals surface area contributed by atoms with Crippen molar-refractivity contribution in [3.8, 4) is 0 Å². The number of carbonyl (C=O) groups is 1. The van der Waals surface area contributed by atoms with Crippen LogP contribution in [0, 0.1) is 5.92 Å². The molecule has 2 fully saturated rings. The smallest absolute Gasteiger partial charge is 0.228 e. The highest BCUT2D eigenvalue weighted by atomic mass is 35.5. The van der Waals surface area contributed by atoms with Gasteiger partial charge in [-0.25, -0.2) is 4.98 Å². The van der Waals surface area contributed by atoms with Gasteiger partial charge < -0.3 is 10.2 Å². The SMILES string of the molecule is O=C(Nc1ccc(N2CCCCC2)nc1)C1CC1c1ccccc1Cl. The number of hydrogen-bond donors (Lipinski definition) is 1.